The molecule has 4 heterocycles. The highest BCUT2D eigenvalue weighted by molar-refractivity contribution is 5.78. The Morgan fingerprint density at radius 3 is 2.80 bits per heavy atom. The molecule has 0 aromatic carbocycles. The van der Waals surface area contributed by atoms with E-state index < -0.39 is 0 Å². The summed E-state index contributed by atoms with van der Waals surface area (Å²) in [6.45, 7) is 6.22. The number of hydrogen-bond acceptors (Lipinski definition) is 7. The third-order valence-corrected chi connectivity index (χ3v) is 6.28. The molecule has 8 heteroatoms. The smallest absolute Gasteiger partial charge is 0.227 e. The summed E-state index contributed by atoms with van der Waals surface area (Å²) in [5.41, 5.74) is 7.89. The number of rotatable bonds is 5. The lowest BCUT2D eigenvalue weighted by molar-refractivity contribution is -0.127. The molecule has 1 unspecified atom stereocenters. The van der Waals surface area contributed by atoms with Crippen molar-refractivity contribution in [2.75, 3.05) is 36.8 Å². The van der Waals surface area contributed by atoms with E-state index in [1.54, 1.807) is 18.6 Å². The first-order valence-corrected chi connectivity index (χ1v) is 10.8. The van der Waals surface area contributed by atoms with E-state index in [4.69, 9.17) is 5.73 Å². The lowest BCUT2D eigenvalue weighted by Crippen LogP contribution is -2.51. The average molecular weight is 410 g/mol. The molecule has 2 aromatic rings. The quantitative estimate of drug-likeness (QED) is 0.776. The van der Waals surface area contributed by atoms with Gasteiger partial charge in [-0.1, -0.05) is 6.07 Å². The zero-order valence-corrected chi connectivity index (χ0v) is 17.6. The van der Waals surface area contributed by atoms with E-state index in [0.717, 1.165) is 68.9 Å². The maximum atomic E-state index is 12.7. The minimum atomic E-state index is 0.0636. The van der Waals surface area contributed by atoms with Gasteiger partial charge in [-0.25, -0.2) is 4.98 Å². The molecule has 2 aliphatic rings. The van der Waals surface area contributed by atoms with Crippen molar-refractivity contribution in [2.24, 2.45) is 5.92 Å². The van der Waals surface area contributed by atoms with E-state index in [9.17, 15) is 4.79 Å². The minimum Gasteiger partial charge on any atom is -0.383 e. The number of pyridine rings is 1. The second-order valence-electron chi connectivity index (χ2n) is 8.37. The predicted octanol–water partition coefficient (Wildman–Crippen LogP) is 1.76. The van der Waals surface area contributed by atoms with Gasteiger partial charge >= 0.3 is 0 Å². The summed E-state index contributed by atoms with van der Waals surface area (Å²) in [6.07, 6.45) is 9.49. The van der Waals surface area contributed by atoms with Crippen LogP contribution in [0.5, 0.6) is 0 Å². The third kappa shape index (κ3) is 4.87. The van der Waals surface area contributed by atoms with Gasteiger partial charge in [0.05, 0.1) is 5.92 Å². The second kappa shape index (κ2) is 9.38. The lowest BCUT2D eigenvalue weighted by atomic mass is 9.93. The molecule has 2 saturated heterocycles. The minimum absolute atomic E-state index is 0.0636. The Morgan fingerprint density at radius 2 is 2.07 bits per heavy atom. The van der Waals surface area contributed by atoms with Crippen molar-refractivity contribution in [3.05, 3.63) is 41.9 Å². The van der Waals surface area contributed by atoms with Gasteiger partial charge in [-0.2, -0.15) is 4.98 Å². The fraction of sp³-hybridized carbons (Fsp3) is 0.545. The first-order valence-electron chi connectivity index (χ1n) is 10.8. The zero-order valence-electron chi connectivity index (χ0n) is 17.6. The molecule has 2 aliphatic heterocycles. The van der Waals surface area contributed by atoms with Gasteiger partial charge in [0.15, 0.2) is 0 Å². The van der Waals surface area contributed by atoms with Crippen LogP contribution in [0.25, 0.3) is 0 Å². The summed E-state index contributed by atoms with van der Waals surface area (Å²) in [4.78, 5) is 30.4. The van der Waals surface area contributed by atoms with Crippen LogP contribution in [-0.4, -0.2) is 58.0 Å². The van der Waals surface area contributed by atoms with Gasteiger partial charge in [-0.15, -0.1) is 0 Å². The fourth-order valence-corrected chi connectivity index (χ4v) is 4.42. The standard InChI is InChI=1S/C22H31N7O/c1-16-12-26-22(27-20(16)23)28-10-6-19(7-11-28)29-9-3-5-18(15-29)21(30)25-14-17-4-2-8-24-13-17/h2,4,8,12-13,18-19H,3,5-7,9-11,14-15H2,1H3,(H,25,30)(H2,23,26,27). The van der Waals surface area contributed by atoms with Crippen LogP contribution >= 0.6 is 0 Å². The fourth-order valence-electron chi connectivity index (χ4n) is 4.42. The van der Waals surface area contributed by atoms with Crippen molar-refractivity contribution in [1.82, 2.24) is 25.2 Å². The van der Waals surface area contributed by atoms with E-state index in [1.165, 1.54) is 0 Å². The highest BCUT2D eigenvalue weighted by Crippen LogP contribution is 2.26. The molecule has 0 aliphatic carbocycles. The van der Waals surface area contributed by atoms with Crippen molar-refractivity contribution < 1.29 is 4.79 Å². The van der Waals surface area contributed by atoms with Crippen molar-refractivity contribution in [2.45, 2.75) is 45.2 Å². The summed E-state index contributed by atoms with van der Waals surface area (Å²) >= 11 is 0. The molecule has 2 fully saturated rings. The Bertz CT molecular complexity index is 852. The zero-order chi connectivity index (χ0) is 20.9. The molecular formula is C22H31N7O. The van der Waals surface area contributed by atoms with E-state index >= 15 is 0 Å². The Labute approximate surface area is 177 Å². The molecular weight excluding hydrogens is 378 g/mol. The molecule has 0 radical (unpaired) electrons. The van der Waals surface area contributed by atoms with Gasteiger partial charge < -0.3 is 16.0 Å². The van der Waals surface area contributed by atoms with Crippen molar-refractivity contribution in [3.8, 4) is 0 Å². The topological polar surface area (TPSA) is 100 Å². The number of nitrogens with one attached hydrogen (secondary N) is 1. The normalized spacial score (nSPS) is 20.8. The third-order valence-electron chi connectivity index (χ3n) is 6.28. The Morgan fingerprint density at radius 1 is 1.23 bits per heavy atom. The number of nitrogens with zero attached hydrogens (tertiary/aromatic N) is 5. The SMILES string of the molecule is Cc1cnc(N2CCC(N3CCCC(C(=O)NCc4cccnc4)C3)CC2)nc1N. The van der Waals surface area contributed by atoms with E-state index in [1.807, 2.05) is 19.1 Å². The number of hydrogen-bond donors (Lipinski definition) is 2. The van der Waals surface area contributed by atoms with Gasteiger partial charge in [0.25, 0.3) is 0 Å². The molecule has 4 rings (SSSR count). The molecule has 0 saturated carbocycles. The molecule has 8 nitrogen and oxygen atoms in total. The molecule has 2 aromatic heterocycles. The molecule has 1 atom stereocenters. The summed E-state index contributed by atoms with van der Waals surface area (Å²) < 4.78 is 0. The Balaban J connectivity index is 1.27. The Kier molecular flexibility index (Phi) is 6.42. The number of carbonyl (C=O) groups is 1. The molecule has 0 bridgehead atoms. The van der Waals surface area contributed by atoms with E-state index in [-0.39, 0.29) is 11.8 Å². The number of nitrogen functional groups attached to an aromatic ring is 1. The number of likely N-dealkylation sites (tertiary alicyclic amines) is 1. The van der Waals surface area contributed by atoms with Crippen molar-refractivity contribution in [1.29, 1.82) is 0 Å². The van der Waals surface area contributed by atoms with Gasteiger partial charge in [-0.05, 0) is 50.8 Å². The number of anilines is 2. The Hall–Kier alpha value is -2.74. The number of nitrogens with two attached hydrogens (primary N) is 1. The monoisotopic (exact) mass is 409 g/mol. The van der Waals surface area contributed by atoms with Crippen LogP contribution in [0.3, 0.4) is 0 Å². The summed E-state index contributed by atoms with van der Waals surface area (Å²) in [5, 5.41) is 3.09. The van der Waals surface area contributed by atoms with Crippen LogP contribution < -0.4 is 16.0 Å². The van der Waals surface area contributed by atoms with Gasteiger partial charge in [0.2, 0.25) is 11.9 Å². The molecule has 0 spiro atoms. The first-order chi connectivity index (χ1) is 14.6. The molecule has 3 N–H and O–H groups in total. The van der Waals surface area contributed by atoms with Crippen LogP contribution in [0.1, 0.15) is 36.8 Å². The molecule has 160 valence electrons. The largest absolute Gasteiger partial charge is 0.383 e. The molecule has 30 heavy (non-hydrogen) atoms. The highest BCUT2D eigenvalue weighted by atomic mass is 16.1. The number of piperidine rings is 2. The van der Waals surface area contributed by atoms with E-state index in [2.05, 4.69) is 30.1 Å². The second-order valence-corrected chi connectivity index (χ2v) is 8.37. The van der Waals surface area contributed by atoms with Crippen molar-refractivity contribution in [3.63, 3.8) is 0 Å². The maximum absolute atomic E-state index is 12.7. The van der Waals surface area contributed by atoms with Gasteiger partial charge in [0, 0.05) is 56.4 Å². The van der Waals surface area contributed by atoms with Crippen molar-refractivity contribution >= 4 is 17.7 Å². The lowest BCUT2D eigenvalue weighted by Gasteiger charge is -2.42. The number of carbonyl (C=O) groups excluding carboxylic acids is 1. The van der Waals surface area contributed by atoms with E-state index in [0.29, 0.717) is 18.4 Å². The van der Waals surface area contributed by atoms with Gasteiger partial charge in [0.1, 0.15) is 5.82 Å². The van der Waals surface area contributed by atoms with Crippen LogP contribution in [0, 0.1) is 12.8 Å². The van der Waals surface area contributed by atoms with Crippen LogP contribution in [0.2, 0.25) is 0 Å². The maximum Gasteiger partial charge on any atom is 0.227 e. The summed E-state index contributed by atoms with van der Waals surface area (Å²) in [7, 11) is 0. The molecule has 1 amide bonds. The number of amides is 1. The predicted molar refractivity (Wildman–Crippen MR) is 117 cm³/mol. The van der Waals surface area contributed by atoms with Crippen LogP contribution in [0.4, 0.5) is 11.8 Å². The van der Waals surface area contributed by atoms with Crippen LogP contribution in [-0.2, 0) is 11.3 Å². The first kappa shape index (κ1) is 20.5. The summed E-state index contributed by atoms with van der Waals surface area (Å²) in [6, 6.07) is 4.39. The number of aromatic nitrogens is 3. The van der Waals surface area contributed by atoms with Crippen LogP contribution in [0.15, 0.2) is 30.7 Å². The highest BCUT2D eigenvalue weighted by Gasteiger charge is 2.32. The number of aryl methyl sites for hydroxylation is 1. The average Bonchev–Trinajstić information content (AvgIpc) is 2.80. The summed E-state index contributed by atoms with van der Waals surface area (Å²) in [5.74, 6) is 1.50. The van der Waals surface area contributed by atoms with Gasteiger partial charge in [-0.3, -0.25) is 14.7 Å².